The Bertz CT molecular complexity index is 1200. The summed E-state index contributed by atoms with van der Waals surface area (Å²) in [4.78, 5) is 3.84. The van der Waals surface area contributed by atoms with Crippen LogP contribution < -0.4 is 9.64 Å². The number of aryl methyl sites for hydroxylation is 2. The molecule has 2 aliphatic rings. The fourth-order valence-corrected chi connectivity index (χ4v) is 6.27. The molecule has 0 bridgehead atoms. The zero-order chi connectivity index (χ0) is 23.1. The van der Waals surface area contributed by atoms with E-state index >= 15 is 0 Å². The molecule has 0 amide bonds. The van der Waals surface area contributed by atoms with E-state index in [0.717, 1.165) is 52.9 Å². The normalized spacial score (nSPS) is 18.7. The van der Waals surface area contributed by atoms with Gasteiger partial charge in [0.25, 0.3) is 0 Å². The lowest BCUT2D eigenvalue weighted by Gasteiger charge is -2.36. The quantitative estimate of drug-likeness (QED) is 0.272. The molecule has 5 rings (SSSR count). The number of anilines is 1. The highest BCUT2D eigenvalue weighted by molar-refractivity contribution is 7.98. The van der Waals surface area contributed by atoms with Crippen molar-refractivity contribution >= 4 is 40.0 Å². The second kappa shape index (κ2) is 9.30. The third-order valence-electron chi connectivity index (χ3n) is 7.05. The van der Waals surface area contributed by atoms with E-state index in [9.17, 15) is 0 Å². The van der Waals surface area contributed by atoms with Crippen LogP contribution in [0.25, 0.3) is 16.8 Å². The van der Waals surface area contributed by atoms with Gasteiger partial charge < -0.3 is 9.64 Å². The third-order valence-corrected chi connectivity index (χ3v) is 8.19. The van der Waals surface area contributed by atoms with Gasteiger partial charge in [-0.2, -0.15) is 5.10 Å². The van der Waals surface area contributed by atoms with Crippen molar-refractivity contribution in [3.05, 3.63) is 41.5 Å². The van der Waals surface area contributed by atoms with E-state index in [1.54, 1.807) is 18.9 Å². The van der Waals surface area contributed by atoms with Gasteiger partial charge in [-0.05, 0) is 87.5 Å². The Morgan fingerprint density at radius 1 is 1.18 bits per heavy atom. The molecule has 3 aromatic rings. The lowest BCUT2D eigenvalue weighted by atomic mass is 9.93. The van der Waals surface area contributed by atoms with Gasteiger partial charge in [-0.25, -0.2) is 4.52 Å². The van der Waals surface area contributed by atoms with Gasteiger partial charge in [0.1, 0.15) is 10.8 Å². The van der Waals surface area contributed by atoms with E-state index in [2.05, 4.69) is 59.9 Å². The number of nitrogens with zero attached hydrogens (tertiary/aromatic N) is 3. The molecule has 4 nitrogen and oxygen atoms in total. The SMILES string of the molecule is COc1cc(C)cc(C)c1-c1cccc2c(N(CC3CC3)C3CCCCC3=S)c(SC)nn12. The molecule has 0 saturated heterocycles. The second-order valence-corrected chi connectivity index (χ2v) is 10.9. The Morgan fingerprint density at radius 3 is 2.70 bits per heavy atom. The Hall–Kier alpha value is -2.05. The van der Waals surface area contributed by atoms with Crippen molar-refractivity contribution < 1.29 is 4.74 Å². The largest absolute Gasteiger partial charge is 0.496 e. The summed E-state index contributed by atoms with van der Waals surface area (Å²) in [6.45, 7) is 5.35. The van der Waals surface area contributed by atoms with Crippen LogP contribution in [0.4, 0.5) is 5.69 Å². The van der Waals surface area contributed by atoms with E-state index in [0.29, 0.717) is 6.04 Å². The van der Waals surface area contributed by atoms with Crippen molar-refractivity contribution in [3.8, 4) is 17.0 Å². The molecule has 2 aliphatic carbocycles. The number of rotatable bonds is 7. The summed E-state index contributed by atoms with van der Waals surface area (Å²) < 4.78 is 7.95. The van der Waals surface area contributed by atoms with Gasteiger partial charge in [0.2, 0.25) is 0 Å². The van der Waals surface area contributed by atoms with E-state index in [1.807, 2.05) is 0 Å². The van der Waals surface area contributed by atoms with Gasteiger partial charge in [0.15, 0.2) is 0 Å². The fraction of sp³-hybridized carbons (Fsp3) is 0.481. The minimum Gasteiger partial charge on any atom is -0.496 e. The Labute approximate surface area is 206 Å². The average molecular weight is 480 g/mol. The smallest absolute Gasteiger partial charge is 0.142 e. The van der Waals surface area contributed by atoms with E-state index < -0.39 is 0 Å². The number of thioether (sulfide) groups is 1. The molecule has 0 aliphatic heterocycles. The summed E-state index contributed by atoms with van der Waals surface area (Å²) >= 11 is 7.66. The molecule has 0 N–H and O–H groups in total. The highest BCUT2D eigenvalue weighted by Crippen LogP contribution is 2.42. The van der Waals surface area contributed by atoms with Crippen LogP contribution in [0.2, 0.25) is 0 Å². The Morgan fingerprint density at radius 2 is 2.00 bits per heavy atom. The summed E-state index contributed by atoms with van der Waals surface area (Å²) in [6.07, 6.45) is 9.50. The maximum absolute atomic E-state index is 5.93. The summed E-state index contributed by atoms with van der Waals surface area (Å²) in [5, 5.41) is 6.24. The van der Waals surface area contributed by atoms with Crippen molar-refractivity contribution in [2.75, 3.05) is 24.8 Å². The van der Waals surface area contributed by atoms with Gasteiger partial charge in [-0.1, -0.05) is 30.8 Å². The lowest BCUT2D eigenvalue weighted by molar-refractivity contribution is 0.415. The predicted molar refractivity (Wildman–Crippen MR) is 143 cm³/mol. The summed E-state index contributed by atoms with van der Waals surface area (Å²) in [6, 6.07) is 11.2. The maximum atomic E-state index is 5.93. The molecule has 1 aromatic carbocycles. The topological polar surface area (TPSA) is 29.8 Å². The third kappa shape index (κ3) is 4.28. The van der Waals surface area contributed by atoms with Crippen molar-refractivity contribution in [1.82, 2.24) is 9.61 Å². The molecular weight excluding hydrogens is 446 g/mol. The minimum absolute atomic E-state index is 0.340. The molecule has 0 spiro atoms. The van der Waals surface area contributed by atoms with Crippen molar-refractivity contribution in [3.63, 3.8) is 0 Å². The van der Waals surface area contributed by atoms with Crippen LogP contribution in [0, 0.1) is 19.8 Å². The van der Waals surface area contributed by atoms with Crippen LogP contribution in [-0.2, 0) is 0 Å². The first-order valence-corrected chi connectivity index (χ1v) is 13.7. The monoisotopic (exact) mass is 479 g/mol. The lowest BCUT2D eigenvalue weighted by Crippen LogP contribution is -2.43. The van der Waals surface area contributed by atoms with Gasteiger partial charge >= 0.3 is 0 Å². The van der Waals surface area contributed by atoms with Crippen LogP contribution in [0.5, 0.6) is 5.75 Å². The molecule has 2 aromatic heterocycles. The first-order valence-electron chi connectivity index (χ1n) is 12.0. The highest BCUT2D eigenvalue weighted by atomic mass is 32.2. The van der Waals surface area contributed by atoms with Crippen LogP contribution in [0.1, 0.15) is 49.7 Å². The number of fused-ring (bicyclic) bond motifs is 1. The Balaban J connectivity index is 1.70. The highest BCUT2D eigenvalue weighted by Gasteiger charge is 2.34. The van der Waals surface area contributed by atoms with Gasteiger partial charge in [-0.3, -0.25) is 0 Å². The summed E-state index contributed by atoms with van der Waals surface area (Å²) in [7, 11) is 1.75. The van der Waals surface area contributed by atoms with E-state index in [1.165, 1.54) is 47.4 Å². The molecule has 2 saturated carbocycles. The molecule has 0 radical (unpaired) electrons. The molecule has 1 unspecified atom stereocenters. The first-order chi connectivity index (χ1) is 16.0. The number of ether oxygens (including phenoxy) is 1. The van der Waals surface area contributed by atoms with E-state index in [-0.39, 0.29) is 0 Å². The van der Waals surface area contributed by atoms with Crippen LogP contribution in [0.3, 0.4) is 0 Å². The van der Waals surface area contributed by atoms with Crippen LogP contribution >= 0.6 is 24.0 Å². The molecular formula is C27H33N3OS2. The number of pyridine rings is 1. The summed E-state index contributed by atoms with van der Waals surface area (Å²) in [5.74, 6) is 1.67. The molecule has 33 heavy (non-hydrogen) atoms. The molecule has 174 valence electrons. The molecule has 1 atom stereocenters. The number of hydrogen-bond donors (Lipinski definition) is 0. The van der Waals surface area contributed by atoms with Gasteiger partial charge in [-0.15, -0.1) is 11.8 Å². The molecule has 6 heteroatoms. The standard InChI is InChI=1S/C27H33N3OS2/c1-17-14-18(2)25(23(15-17)31-3)21-9-7-10-22-26(27(33-4)28-30(21)22)29(16-19-12-13-19)20-8-5-6-11-24(20)32/h7,9-10,14-15,19-20H,5-6,8,11-13,16H2,1-4H3. The Kier molecular flexibility index (Phi) is 6.41. The maximum Gasteiger partial charge on any atom is 0.142 e. The van der Waals surface area contributed by atoms with Gasteiger partial charge in [0, 0.05) is 17.0 Å². The summed E-state index contributed by atoms with van der Waals surface area (Å²) in [5.41, 5.74) is 7.00. The van der Waals surface area contributed by atoms with Crippen molar-refractivity contribution in [1.29, 1.82) is 0 Å². The number of methoxy groups -OCH3 is 1. The second-order valence-electron chi connectivity index (χ2n) is 9.55. The average Bonchev–Trinajstić information content (AvgIpc) is 3.55. The van der Waals surface area contributed by atoms with Crippen molar-refractivity contribution in [2.24, 2.45) is 5.92 Å². The number of hydrogen-bond acceptors (Lipinski definition) is 5. The number of aromatic nitrogens is 2. The number of benzene rings is 1. The van der Waals surface area contributed by atoms with Crippen LogP contribution in [-0.4, -0.2) is 40.4 Å². The molecule has 2 heterocycles. The molecule has 2 fully saturated rings. The zero-order valence-corrected chi connectivity index (χ0v) is 21.7. The fourth-order valence-electron chi connectivity index (χ4n) is 5.30. The number of thiocarbonyl (C=S) groups is 1. The van der Waals surface area contributed by atoms with Gasteiger partial charge in [0.05, 0.1) is 30.0 Å². The van der Waals surface area contributed by atoms with E-state index in [4.69, 9.17) is 22.1 Å². The first kappa shape index (κ1) is 22.7. The minimum atomic E-state index is 0.340. The predicted octanol–water partition coefficient (Wildman–Crippen LogP) is 6.88. The van der Waals surface area contributed by atoms with Crippen LogP contribution in [0.15, 0.2) is 35.4 Å². The zero-order valence-electron chi connectivity index (χ0n) is 20.1. The van der Waals surface area contributed by atoms with Crippen molar-refractivity contribution in [2.45, 2.75) is 63.4 Å².